The van der Waals surface area contributed by atoms with E-state index >= 15 is 0 Å². The van der Waals surface area contributed by atoms with Crippen LogP contribution in [-0.2, 0) is 6.54 Å². The maximum absolute atomic E-state index is 7.87. The van der Waals surface area contributed by atoms with Crippen LogP contribution in [0.15, 0.2) is 30.3 Å². The van der Waals surface area contributed by atoms with Crippen LogP contribution in [0.3, 0.4) is 0 Å². The molecule has 16 heavy (non-hydrogen) atoms. The van der Waals surface area contributed by atoms with Crippen LogP contribution in [0.2, 0.25) is 0 Å². The number of guanidine groups is 2. The Hall–Kier alpha value is -2.04. The van der Waals surface area contributed by atoms with Crippen LogP contribution in [0.5, 0.6) is 0 Å². The van der Waals surface area contributed by atoms with Crippen molar-refractivity contribution in [3.05, 3.63) is 35.9 Å². The summed E-state index contributed by atoms with van der Waals surface area (Å²) < 4.78 is 0. The lowest BCUT2D eigenvalue weighted by Crippen LogP contribution is -2.40. The second-order valence-electron chi connectivity index (χ2n) is 3.77. The van der Waals surface area contributed by atoms with Crippen molar-refractivity contribution in [3.63, 3.8) is 0 Å². The lowest BCUT2D eigenvalue weighted by Gasteiger charge is -2.20. The van der Waals surface area contributed by atoms with Crippen molar-refractivity contribution in [2.24, 2.45) is 5.73 Å². The van der Waals surface area contributed by atoms with Crippen LogP contribution in [0, 0.1) is 10.8 Å². The van der Waals surface area contributed by atoms with E-state index < -0.39 is 0 Å². The molecule has 0 radical (unpaired) electrons. The van der Waals surface area contributed by atoms with Gasteiger partial charge in [0, 0.05) is 19.6 Å². The van der Waals surface area contributed by atoms with Gasteiger partial charge >= 0.3 is 0 Å². The highest BCUT2D eigenvalue weighted by molar-refractivity contribution is 5.96. The van der Waals surface area contributed by atoms with E-state index in [-0.39, 0.29) is 5.96 Å². The number of hydrogen-bond acceptors (Lipinski definition) is 2. The number of nitrogens with zero attached hydrogens (tertiary/aromatic N) is 2. The van der Waals surface area contributed by atoms with Crippen LogP contribution in [-0.4, -0.2) is 34.8 Å². The Morgan fingerprint density at radius 1 is 1.25 bits per heavy atom. The molecule has 1 saturated heterocycles. The quantitative estimate of drug-likeness (QED) is 0.502. The molecule has 1 aromatic rings. The largest absolute Gasteiger partial charge is 0.370 e. The summed E-state index contributed by atoms with van der Waals surface area (Å²) in [6.07, 6.45) is 0. The minimum Gasteiger partial charge on any atom is -0.370 e. The fraction of sp³-hybridized carbons (Fsp3) is 0.273. The maximum Gasteiger partial charge on any atom is 0.201 e. The zero-order valence-corrected chi connectivity index (χ0v) is 8.98. The van der Waals surface area contributed by atoms with Crippen molar-refractivity contribution in [3.8, 4) is 0 Å². The third-order valence-corrected chi connectivity index (χ3v) is 2.66. The average Bonchev–Trinajstić information content (AvgIpc) is 2.62. The maximum atomic E-state index is 7.87. The summed E-state index contributed by atoms with van der Waals surface area (Å²) in [5.74, 6) is 0.261. The number of hydrogen-bond donors (Lipinski definition) is 3. The van der Waals surface area contributed by atoms with Crippen molar-refractivity contribution in [1.29, 1.82) is 10.8 Å². The first-order chi connectivity index (χ1) is 7.68. The first-order valence-electron chi connectivity index (χ1n) is 5.17. The van der Waals surface area contributed by atoms with E-state index in [4.69, 9.17) is 16.6 Å². The molecule has 5 heteroatoms. The van der Waals surface area contributed by atoms with Gasteiger partial charge in [0.2, 0.25) is 5.96 Å². The molecule has 1 heterocycles. The number of rotatable bonds is 2. The van der Waals surface area contributed by atoms with Gasteiger partial charge in [-0.15, -0.1) is 0 Å². The third-order valence-electron chi connectivity index (χ3n) is 2.66. The second kappa shape index (κ2) is 4.22. The van der Waals surface area contributed by atoms with E-state index in [0.29, 0.717) is 19.0 Å². The van der Waals surface area contributed by atoms with E-state index in [2.05, 4.69) is 0 Å². The Labute approximate surface area is 94.5 Å². The molecule has 0 aliphatic carbocycles. The Morgan fingerprint density at radius 2 is 1.94 bits per heavy atom. The van der Waals surface area contributed by atoms with Crippen molar-refractivity contribution >= 4 is 11.9 Å². The summed E-state index contributed by atoms with van der Waals surface area (Å²) in [5, 5.41) is 15.2. The average molecular weight is 217 g/mol. The highest BCUT2D eigenvalue weighted by Gasteiger charge is 2.26. The van der Waals surface area contributed by atoms with Gasteiger partial charge in [0.1, 0.15) is 0 Å². The van der Waals surface area contributed by atoms with Crippen molar-refractivity contribution in [1.82, 2.24) is 9.80 Å². The van der Waals surface area contributed by atoms with E-state index in [1.54, 1.807) is 0 Å². The summed E-state index contributed by atoms with van der Waals surface area (Å²) >= 11 is 0. The van der Waals surface area contributed by atoms with Gasteiger partial charge in [0.25, 0.3) is 0 Å². The van der Waals surface area contributed by atoms with Gasteiger partial charge in [0.05, 0.1) is 0 Å². The van der Waals surface area contributed by atoms with E-state index in [9.17, 15) is 0 Å². The second-order valence-corrected chi connectivity index (χ2v) is 3.77. The predicted octanol–water partition coefficient (Wildman–Crippen LogP) is 0.632. The van der Waals surface area contributed by atoms with Crippen molar-refractivity contribution in [2.75, 3.05) is 13.1 Å². The number of nitrogens with one attached hydrogen (secondary N) is 2. The van der Waals surface area contributed by atoms with Gasteiger partial charge in [-0.05, 0) is 5.56 Å². The summed E-state index contributed by atoms with van der Waals surface area (Å²) in [7, 11) is 0. The highest BCUT2D eigenvalue weighted by Crippen LogP contribution is 2.11. The zero-order chi connectivity index (χ0) is 11.5. The van der Waals surface area contributed by atoms with Gasteiger partial charge in [-0.3, -0.25) is 15.7 Å². The Morgan fingerprint density at radius 3 is 2.50 bits per heavy atom. The molecule has 0 bridgehead atoms. The minimum absolute atomic E-state index is 0.0550. The molecule has 0 unspecified atom stereocenters. The van der Waals surface area contributed by atoms with Gasteiger partial charge in [-0.2, -0.15) is 0 Å². The molecular weight excluding hydrogens is 202 g/mol. The molecule has 1 aliphatic heterocycles. The fourth-order valence-electron chi connectivity index (χ4n) is 1.80. The van der Waals surface area contributed by atoms with Gasteiger partial charge in [-0.25, -0.2) is 0 Å². The third kappa shape index (κ3) is 1.98. The minimum atomic E-state index is -0.0550. The zero-order valence-electron chi connectivity index (χ0n) is 8.98. The molecule has 0 spiro atoms. The van der Waals surface area contributed by atoms with Crippen LogP contribution >= 0.6 is 0 Å². The SMILES string of the molecule is N=C(N)N1CCN(Cc2ccccc2)C1=N. The number of nitrogens with two attached hydrogens (primary N) is 1. The molecule has 0 amide bonds. The van der Waals surface area contributed by atoms with Gasteiger partial charge < -0.3 is 10.6 Å². The lowest BCUT2D eigenvalue weighted by molar-refractivity contribution is 0.454. The standard InChI is InChI=1S/C11H15N5/c12-10(13)16-7-6-15(11(16)14)8-9-4-2-1-3-5-9/h1-5,14H,6-8H2,(H3,12,13). The molecule has 0 saturated carbocycles. The van der Waals surface area contributed by atoms with Gasteiger partial charge in [0.15, 0.2) is 5.96 Å². The van der Waals surface area contributed by atoms with Crippen LogP contribution in [0.1, 0.15) is 5.56 Å². The molecule has 1 aliphatic rings. The van der Waals surface area contributed by atoms with Crippen LogP contribution in [0.4, 0.5) is 0 Å². The smallest absolute Gasteiger partial charge is 0.201 e. The summed E-state index contributed by atoms with van der Waals surface area (Å²) in [6, 6.07) is 10.0. The van der Waals surface area contributed by atoms with Gasteiger partial charge in [-0.1, -0.05) is 30.3 Å². The monoisotopic (exact) mass is 217 g/mol. The first kappa shape index (κ1) is 10.5. The Kier molecular flexibility index (Phi) is 2.76. The summed E-state index contributed by atoms with van der Waals surface area (Å²) in [6.45, 7) is 2.07. The molecule has 0 atom stereocenters. The first-order valence-corrected chi connectivity index (χ1v) is 5.17. The van der Waals surface area contributed by atoms with E-state index in [0.717, 1.165) is 12.1 Å². The predicted molar refractivity (Wildman–Crippen MR) is 63.2 cm³/mol. The molecule has 2 rings (SSSR count). The topological polar surface area (TPSA) is 80.2 Å². The molecule has 4 N–H and O–H groups in total. The lowest BCUT2D eigenvalue weighted by atomic mass is 10.2. The summed E-state index contributed by atoms with van der Waals surface area (Å²) in [4.78, 5) is 3.42. The molecule has 1 aromatic carbocycles. The van der Waals surface area contributed by atoms with E-state index in [1.807, 2.05) is 35.2 Å². The normalized spacial score (nSPS) is 15.6. The molecule has 1 fully saturated rings. The van der Waals surface area contributed by atoms with Crippen molar-refractivity contribution < 1.29 is 0 Å². The molecular formula is C11H15N5. The highest BCUT2D eigenvalue weighted by atomic mass is 15.4. The molecule has 84 valence electrons. The fourth-order valence-corrected chi connectivity index (χ4v) is 1.80. The van der Waals surface area contributed by atoms with Crippen LogP contribution in [0.25, 0.3) is 0 Å². The Bertz CT molecular complexity index is 400. The number of benzene rings is 1. The Balaban J connectivity index is 2.03. The summed E-state index contributed by atoms with van der Waals surface area (Å²) in [5.41, 5.74) is 6.55. The molecule has 5 nitrogen and oxygen atoms in total. The molecule has 0 aromatic heterocycles. The van der Waals surface area contributed by atoms with E-state index in [1.165, 1.54) is 4.90 Å². The van der Waals surface area contributed by atoms with Crippen molar-refractivity contribution in [2.45, 2.75) is 6.54 Å². The van der Waals surface area contributed by atoms with Crippen LogP contribution < -0.4 is 5.73 Å².